The van der Waals surface area contributed by atoms with Crippen molar-refractivity contribution in [3.05, 3.63) is 77.1 Å². The zero-order chi connectivity index (χ0) is 14.9. The normalized spacial score (nSPS) is 11.1. The summed E-state index contributed by atoms with van der Waals surface area (Å²) in [5, 5.41) is 1.58. The largest absolute Gasteiger partial charge is 0.294 e. The Balaban J connectivity index is 1.86. The summed E-state index contributed by atoms with van der Waals surface area (Å²) in [6.45, 7) is 0.458. The Morgan fingerprint density at radius 2 is 1.73 bits per heavy atom. The first-order valence-corrected chi connectivity index (χ1v) is 6.96. The van der Waals surface area contributed by atoms with Crippen LogP contribution in [-0.2, 0) is 6.54 Å². The van der Waals surface area contributed by atoms with E-state index in [1.165, 1.54) is 0 Å². The Morgan fingerprint density at radius 3 is 2.68 bits per heavy atom. The number of hydrogen-bond acceptors (Lipinski definition) is 4. The average Bonchev–Trinajstić information content (AvgIpc) is 2.58. The lowest BCUT2D eigenvalue weighted by Gasteiger charge is -2.08. The standard InChI is InChI=1S/C17H12N4O/c22-17-14-5-3-8-19-16(14)20-11-21(17)10-12-7-9-18-15-6-2-1-4-13(12)15/h1-9,11H,10H2. The van der Waals surface area contributed by atoms with Crippen LogP contribution in [0.25, 0.3) is 21.9 Å². The highest BCUT2D eigenvalue weighted by atomic mass is 16.1. The first kappa shape index (κ1) is 12.6. The monoisotopic (exact) mass is 288 g/mol. The predicted octanol–water partition coefficient (Wildman–Crippen LogP) is 2.39. The predicted molar refractivity (Wildman–Crippen MR) is 84.6 cm³/mol. The maximum atomic E-state index is 12.5. The van der Waals surface area contributed by atoms with Crippen LogP contribution in [0.4, 0.5) is 0 Å². The molecule has 106 valence electrons. The van der Waals surface area contributed by atoms with Crippen molar-refractivity contribution in [3.63, 3.8) is 0 Å². The summed E-state index contributed by atoms with van der Waals surface area (Å²) in [5.74, 6) is 0. The molecule has 0 aliphatic heterocycles. The Labute approximate surface area is 125 Å². The minimum atomic E-state index is -0.0843. The summed E-state index contributed by atoms with van der Waals surface area (Å²) < 4.78 is 1.60. The second-order valence-electron chi connectivity index (χ2n) is 5.04. The van der Waals surface area contributed by atoms with Crippen LogP contribution in [0.2, 0.25) is 0 Å². The molecule has 0 aliphatic carbocycles. The van der Waals surface area contributed by atoms with Crippen molar-refractivity contribution in [2.45, 2.75) is 6.54 Å². The second kappa shape index (κ2) is 5.04. The van der Waals surface area contributed by atoms with Crippen LogP contribution in [0.5, 0.6) is 0 Å². The number of pyridine rings is 2. The number of aromatic nitrogens is 4. The van der Waals surface area contributed by atoms with Gasteiger partial charge in [0.25, 0.3) is 5.56 Å². The van der Waals surface area contributed by atoms with Crippen LogP contribution in [0.3, 0.4) is 0 Å². The molecule has 0 atom stereocenters. The molecule has 0 saturated carbocycles. The van der Waals surface area contributed by atoms with Crippen molar-refractivity contribution in [1.29, 1.82) is 0 Å². The van der Waals surface area contributed by atoms with Gasteiger partial charge in [0.2, 0.25) is 0 Å². The molecule has 3 heterocycles. The molecule has 0 N–H and O–H groups in total. The smallest absolute Gasteiger partial charge is 0.263 e. The van der Waals surface area contributed by atoms with E-state index >= 15 is 0 Å². The van der Waals surface area contributed by atoms with E-state index in [9.17, 15) is 4.79 Å². The van der Waals surface area contributed by atoms with E-state index in [-0.39, 0.29) is 5.56 Å². The average molecular weight is 288 g/mol. The summed E-state index contributed by atoms with van der Waals surface area (Å²) in [6.07, 6.45) is 4.95. The van der Waals surface area contributed by atoms with E-state index in [1.807, 2.05) is 30.3 Å². The molecule has 0 amide bonds. The molecule has 4 aromatic rings. The van der Waals surface area contributed by atoms with E-state index < -0.39 is 0 Å². The molecule has 5 nitrogen and oxygen atoms in total. The second-order valence-corrected chi connectivity index (χ2v) is 5.04. The van der Waals surface area contributed by atoms with Crippen molar-refractivity contribution in [2.75, 3.05) is 0 Å². The fourth-order valence-corrected chi connectivity index (χ4v) is 2.59. The van der Waals surface area contributed by atoms with Gasteiger partial charge in [-0.25, -0.2) is 9.97 Å². The minimum absolute atomic E-state index is 0.0843. The highest BCUT2D eigenvalue weighted by Gasteiger charge is 2.07. The van der Waals surface area contributed by atoms with Gasteiger partial charge in [-0.15, -0.1) is 0 Å². The lowest BCUT2D eigenvalue weighted by Crippen LogP contribution is -2.21. The summed E-state index contributed by atoms with van der Waals surface area (Å²) in [7, 11) is 0. The van der Waals surface area contributed by atoms with Gasteiger partial charge in [-0.3, -0.25) is 14.3 Å². The first-order valence-electron chi connectivity index (χ1n) is 6.96. The van der Waals surface area contributed by atoms with Crippen molar-refractivity contribution in [2.24, 2.45) is 0 Å². The van der Waals surface area contributed by atoms with Gasteiger partial charge >= 0.3 is 0 Å². The van der Waals surface area contributed by atoms with Gasteiger partial charge in [-0.1, -0.05) is 18.2 Å². The molecule has 1 aromatic carbocycles. The van der Waals surface area contributed by atoms with Crippen LogP contribution < -0.4 is 5.56 Å². The zero-order valence-electron chi connectivity index (χ0n) is 11.7. The number of hydrogen-bond donors (Lipinski definition) is 0. The van der Waals surface area contributed by atoms with Crippen LogP contribution in [0.1, 0.15) is 5.56 Å². The lowest BCUT2D eigenvalue weighted by atomic mass is 10.1. The van der Waals surface area contributed by atoms with Crippen molar-refractivity contribution < 1.29 is 0 Å². The molecule has 0 aliphatic rings. The van der Waals surface area contributed by atoms with E-state index in [2.05, 4.69) is 15.0 Å². The minimum Gasteiger partial charge on any atom is -0.294 e. The molecular formula is C17H12N4O. The quantitative estimate of drug-likeness (QED) is 0.568. The van der Waals surface area contributed by atoms with Crippen LogP contribution >= 0.6 is 0 Å². The van der Waals surface area contributed by atoms with Gasteiger partial charge in [0, 0.05) is 17.8 Å². The number of fused-ring (bicyclic) bond motifs is 2. The first-order chi connectivity index (χ1) is 10.8. The summed E-state index contributed by atoms with van der Waals surface area (Å²) >= 11 is 0. The Morgan fingerprint density at radius 1 is 0.864 bits per heavy atom. The third-order valence-corrected chi connectivity index (χ3v) is 3.68. The third kappa shape index (κ3) is 2.03. The number of nitrogens with zero attached hydrogens (tertiary/aromatic N) is 4. The molecular weight excluding hydrogens is 276 g/mol. The fraction of sp³-hybridized carbons (Fsp3) is 0.0588. The van der Waals surface area contributed by atoms with E-state index in [4.69, 9.17) is 0 Å². The van der Waals surface area contributed by atoms with Crippen molar-refractivity contribution >= 4 is 21.9 Å². The maximum absolute atomic E-state index is 12.5. The summed E-state index contributed by atoms with van der Waals surface area (Å²) in [6, 6.07) is 13.3. The van der Waals surface area contributed by atoms with Gasteiger partial charge in [-0.05, 0) is 29.8 Å². The van der Waals surface area contributed by atoms with Crippen LogP contribution in [0, 0.1) is 0 Å². The van der Waals surface area contributed by atoms with E-state index in [1.54, 1.807) is 35.4 Å². The Bertz CT molecular complexity index is 1030. The van der Waals surface area contributed by atoms with Crippen molar-refractivity contribution in [1.82, 2.24) is 19.5 Å². The number of rotatable bonds is 2. The summed E-state index contributed by atoms with van der Waals surface area (Å²) in [4.78, 5) is 25.2. The molecule has 22 heavy (non-hydrogen) atoms. The van der Waals surface area contributed by atoms with Crippen LogP contribution in [0.15, 0.2) is 66.0 Å². The van der Waals surface area contributed by atoms with Gasteiger partial charge in [-0.2, -0.15) is 0 Å². The molecule has 3 aromatic heterocycles. The maximum Gasteiger partial charge on any atom is 0.263 e. The molecule has 0 radical (unpaired) electrons. The van der Waals surface area contributed by atoms with Gasteiger partial charge in [0.15, 0.2) is 5.65 Å². The number of para-hydroxylation sites is 1. The summed E-state index contributed by atoms with van der Waals surface area (Å²) in [5.41, 5.74) is 2.35. The van der Waals surface area contributed by atoms with Crippen LogP contribution in [-0.4, -0.2) is 19.5 Å². The molecule has 0 unspecified atom stereocenters. The lowest BCUT2D eigenvalue weighted by molar-refractivity contribution is 0.750. The molecule has 0 spiro atoms. The van der Waals surface area contributed by atoms with E-state index in [0.29, 0.717) is 17.6 Å². The van der Waals surface area contributed by atoms with E-state index in [0.717, 1.165) is 16.5 Å². The topological polar surface area (TPSA) is 60.7 Å². The van der Waals surface area contributed by atoms with Crippen molar-refractivity contribution in [3.8, 4) is 0 Å². The molecule has 0 bridgehead atoms. The number of benzene rings is 1. The fourth-order valence-electron chi connectivity index (χ4n) is 2.59. The molecule has 4 rings (SSSR count). The third-order valence-electron chi connectivity index (χ3n) is 3.68. The highest BCUT2D eigenvalue weighted by Crippen LogP contribution is 2.16. The molecule has 0 saturated heterocycles. The molecule has 5 heteroatoms. The van der Waals surface area contributed by atoms with Gasteiger partial charge in [0.1, 0.15) is 6.33 Å². The Kier molecular flexibility index (Phi) is 2.89. The van der Waals surface area contributed by atoms with Gasteiger partial charge in [0.05, 0.1) is 17.4 Å². The van der Waals surface area contributed by atoms with Gasteiger partial charge < -0.3 is 0 Å². The Hall–Kier alpha value is -3.08. The molecule has 0 fully saturated rings. The zero-order valence-corrected chi connectivity index (χ0v) is 11.7. The SMILES string of the molecule is O=c1c2cccnc2ncn1Cc1ccnc2ccccc12. The highest BCUT2D eigenvalue weighted by molar-refractivity contribution is 5.81.